The van der Waals surface area contributed by atoms with E-state index >= 15 is 0 Å². The summed E-state index contributed by atoms with van der Waals surface area (Å²) >= 11 is 6.83. The van der Waals surface area contributed by atoms with Gasteiger partial charge in [-0.05, 0) is 74.1 Å². The fourth-order valence-corrected chi connectivity index (χ4v) is 12.1. The van der Waals surface area contributed by atoms with Crippen molar-refractivity contribution in [3.8, 4) is 5.75 Å². The van der Waals surface area contributed by atoms with Gasteiger partial charge in [-0.2, -0.15) is 0 Å². The van der Waals surface area contributed by atoms with Crippen LogP contribution in [0.2, 0.25) is 5.02 Å². The zero-order valence-electron chi connectivity index (χ0n) is 55.4. The van der Waals surface area contributed by atoms with Gasteiger partial charge in [-0.25, -0.2) is 9.59 Å². The van der Waals surface area contributed by atoms with E-state index in [0.29, 0.717) is 63.1 Å². The average molecular weight is 1330 g/mol. The Morgan fingerprint density at radius 3 is 2.21 bits per heavy atom. The van der Waals surface area contributed by atoms with E-state index in [1.165, 1.54) is 42.9 Å². The Morgan fingerprint density at radius 1 is 0.883 bits per heavy atom. The Balaban J connectivity index is 0.769. The van der Waals surface area contributed by atoms with Gasteiger partial charge in [0.15, 0.2) is 5.72 Å². The van der Waals surface area contributed by atoms with Crippen molar-refractivity contribution in [1.82, 2.24) is 25.9 Å². The molecule has 6 amide bonds. The zero-order valence-corrected chi connectivity index (χ0v) is 56.1. The van der Waals surface area contributed by atoms with Crippen LogP contribution in [0.3, 0.4) is 0 Å². The van der Waals surface area contributed by atoms with Gasteiger partial charge in [-0.15, -0.1) is 0 Å². The molecule has 2 fully saturated rings. The number of anilines is 2. The van der Waals surface area contributed by atoms with Crippen molar-refractivity contribution in [1.29, 1.82) is 0 Å². The Labute approximate surface area is 555 Å². The van der Waals surface area contributed by atoms with E-state index in [0.717, 1.165) is 27.8 Å². The number of carbonyl (C=O) groups is 7. The molecule has 2 unspecified atom stereocenters. The Hall–Kier alpha value is -7.08. The number of allylic oxidation sites excluding steroid dienone is 3. The fraction of sp³-hybridized carbons (Fsp3) is 0.567. The predicted octanol–water partition coefficient (Wildman–Crippen LogP) is 4.86. The molecule has 8 N–H and O–H groups in total. The zero-order chi connectivity index (χ0) is 68.3. The quantitative estimate of drug-likeness (QED) is 0.0186. The summed E-state index contributed by atoms with van der Waals surface area (Å²) in [7, 11) is 7.54. The molecule has 94 heavy (non-hydrogen) atoms. The first-order chi connectivity index (χ1) is 44.9. The van der Waals surface area contributed by atoms with Crippen LogP contribution in [0.5, 0.6) is 5.75 Å². The number of hydrazine groups is 1. The van der Waals surface area contributed by atoms with Crippen molar-refractivity contribution in [2.45, 2.75) is 139 Å². The number of rotatable bonds is 28. The monoisotopic (exact) mass is 1330 g/mol. The summed E-state index contributed by atoms with van der Waals surface area (Å²) < 4.78 is 51.9. The molecule has 4 bridgehead atoms. The number of likely N-dealkylation sites (N-methyl/N-ethyl adjacent to an activating group) is 2. The number of halogens is 1. The second-order valence-corrected chi connectivity index (χ2v) is 24.7. The lowest BCUT2D eigenvalue weighted by Crippen LogP contribution is -2.63. The second kappa shape index (κ2) is 35.1. The van der Waals surface area contributed by atoms with Gasteiger partial charge in [0.05, 0.1) is 96.8 Å². The molecule has 4 aliphatic rings. The molecular weight excluding hydrogens is 1240 g/mol. The van der Waals surface area contributed by atoms with E-state index in [-0.39, 0.29) is 101 Å². The number of fused-ring (bicyclic) bond motifs is 7. The molecule has 4 heterocycles. The summed E-state index contributed by atoms with van der Waals surface area (Å²) in [6, 6.07) is 16.8. The summed E-state index contributed by atoms with van der Waals surface area (Å²) in [5.41, 5.74) is 11.7. The molecule has 26 nitrogen and oxygen atoms in total. The Bertz CT molecular complexity index is 3170. The molecule has 10 atom stereocenters. The number of hydrogen-bond donors (Lipinski definition) is 6. The summed E-state index contributed by atoms with van der Waals surface area (Å²) in [6.07, 6.45) is 0.836. The minimum atomic E-state index is -1.88. The maximum atomic E-state index is 14.4. The highest BCUT2D eigenvalue weighted by Gasteiger charge is 2.64. The standard InChI is InChI=1S/C67H94ClN9O17/c1-42-16-14-21-53(87-9)67(85)40-52(92-65(84)72-67)43(2)63-66(4,94-63)54(39-59(82)76(7)50-37-45(36-42)38-51(86-8)60(50)68)93-64(83)44(3)75(6)57(80)23-15-22-56(79)74(5)27-29-89-31-33-91-35-34-90-32-30-88-28-25-55(78)71-26-24-58(81)77-41-46-17-10-11-18-47(46)61(69)62(73-70)48-19-12-13-20-49(48)77/h10-14,16-21,37-38,43-44,52-54,61-63,73,85H,15,22-36,39-41,69-70H2,1-9H3,(H,71,78)(H,72,84)/b21-14+,42-16-/t43-,44+,52+,53-,54+,61?,62?,63+,66+,67+/m0/s1. The third kappa shape index (κ3) is 19.5. The SMILES string of the molecule is COc1cc2cc(c1Cl)N(C)C(=O)C[C@@H](OC(=O)[C@@H](C)N(C)C(=O)CCCC(=O)N(C)CCOCCOCCOCCOCCC(=O)NCCC(=O)N1Cc3ccccc3C(N)C(NN)c3ccccc31)[C@@]1(C)O[C@@H]1[C@@H](C)[C@H]1C[C@](O)(NC(=O)O1)[C@@H](OC)/C=C/C=C(/C)C2. The van der Waals surface area contributed by atoms with Crippen LogP contribution in [0.4, 0.5) is 16.2 Å². The molecule has 0 saturated carbocycles. The molecule has 2 saturated heterocycles. The number of carbonyl (C=O) groups excluding carboxylic acids is 7. The molecule has 7 rings (SSSR count). The van der Waals surface area contributed by atoms with Gasteiger partial charge < -0.3 is 78.4 Å². The normalized spacial score (nSPS) is 24.9. The third-order valence-corrected chi connectivity index (χ3v) is 18.1. The van der Waals surface area contributed by atoms with E-state index in [2.05, 4.69) is 16.1 Å². The molecule has 27 heteroatoms. The van der Waals surface area contributed by atoms with Crippen LogP contribution >= 0.6 is 11.6 Å². The predicted molar refractivity (Wildman–Crippen MR) is 349 cm³/mol. The van der Waals surface area contributed by atoms with Gasteiger partial charge in [0.2, 0.25) is 29.5 Å². The van der Waals surface area contributed by atoms with Crippen LogP contribution in [-0.2, 0) is 79.6 Å². The van der Waals surface area contributed by atoms with Crippen molar-refractivity contribution in [3.63, 3.8) is 0 Å². The Kier molecular flexibility index (Phi) is 27.7. The van der Waals surface area contributed by atoms with E-state index in [9.17, 15) is 38.7 Å². The van der Waals surface area contributed by atoms with Gasteiger partial charge >= 0.3 is 12.1 Å². The van der Waals surface area contributed by atoms with Gasteiger partial charge in [0, 0.05) is 85.1 Å². The van der Waals surface area contributed by atoms with E-state index in [1.807, 2.05) is 61.5 Å². The molecular formula is C67H94ClN9O17. The topological polar surface area (TPSA) is 327 Å². The number of ether oxygens (including phenoxy) is 9. The smallest absolute Gasteiger partial charge is 0.409 e. The average Bonchev–Trinajstić information content (AvgIpc) is 1.56. The minimum Gasteiger partial charge on any atom is -0.495 e. The number of nitrogens with one attached hydrogen (secondary N) is 3. The lowest BCUT2D eigenvalue weighted by atomic mass is 9.83. The molecule has 0 aromatic heterocycles. The highest BCUT2D eigenvalue weighted by atomic mass is 35.5. The van der Waals surface area contributed by atoms with Crippen molar-refractivity contribution in [3.05, 3.63) is 112 Å². The highest BCUT2D eigenvalue weighted by Crippen LogP contribution is 2.49. The van der Waals surface area contributed by atoms with Crippen molar-refractivity contribution >= 4 is 64.6 Å². The van der Waals surface area contributed by atoms with Crippen molar-refractivity contribution in [2.75, 3.05) is 111 Å². The van der Waals surface area contributed by atoms with Crippen molar-refractivity contribution in [2.24, 2.45) is 17.5 Å². The number of aliphatic hydroxyl groups is 1. The molecule has 3 aromatic carbocycles. The third-order valence-electron chi connectivity index (χ3n) is 17.7. The Morgan fingerprint density at radius 2 is 1.53 bits per heavy atom. The van der Waals surface area contributed by atoms with Crippen LogP contribution in [0.15, 0.2) is 84.5 Å². The van der Waals surface area contributed by atoms with Crippen molar-refractivity contribution < 1.29 is 81.3 Å². The number of hydrogen-bond acceptors (Lipinski definition) is 20. The molecule has 516 valence electrons. The van der Waals surface area contributed by atoms with Gasteiger partial charge in [-0.1, -0.05) is 84.8 Å². The van der Waals surface area contributed by atoms with E-state index < -0.39 is 83.7 Å². The summed E-state index contributed by atoms with van der Waals surface area (Å²) in [5, 5.41) is 17.4. The van der Waals surface area contributed by atoms with Crippen LogP contribution in [0.1, 0.15) is 107 Å². The number of para-hydroxylation sites is 1. The van der Waals surface area contributed by atoms with Gasteiger partial charge in [0.1, 0.15) is 40.7 Å². The number of nitrogens with two attached hydrogens (primary N) is 2. The van der Waals surface area contributed by atoms with Crippen LogP contribution in [0.25, 0.3) is 0 Å². The maximum Gasteiger partial charge on any atom is 0.409 e. The van der Waals surface area contributed by atoms with E-state index in [4.69, 9.17) is 65.8 Å². The molecule has 4 aliphatic heterocycles. The summed E-state index contributed by atoms with van der Waals surface area (Å²) in [5.74, 6) is 3.41. The fourth-order valence-electron chi connectivity index (χ4n) is 11.8. The molecule has 3 aromatic rings. The maximum absolute atomic E-state index is 14.4. The van der Waals surface area contributed by atoms with Crippen LogP contribution in [0, 0.1) is 5.92 Å². The first-order valence-corrected chi connectivity index (χ1v) is 32.2. The van der Waals surface area contributed by atoms with Crippen LogP contribution < -0.4 is 42.2 Å². The number of amides is 6. The second-order valence-electron chi connectivity index (χ2n) is 24.3. The number of esters is 1. The molecule has 0 spiro atoms. The number of methoxy groups -OCH3 is 2. The van der Waals surface area contributed by atoms with Gasteiger partial charge in [0.25, 0.3) is 0 Å². The van der Waals surface area contributed by atoms with Gasteiger partial charge in [-0.3, -0.25) is 40.6 Å². The molecule has 0 aliphatic carbocycles. The number of benzene rings is 3. The lowest BCUT2D eigenvalue weighted by molar-refractivity contribution is -0.162. The lowest BCUT2D eigenvalue weighted by Gasteiger charge is -2.42. The number of alkyl carbamates (subject to hydrolysis) is 1. The largest absolute Gasteiger partial charge is 0.495 e. The number of epoxide rings is 1. The number of nitrogens with zero attached hydrogens (tertiary/aromatic N) is 4. The summed E-state index contributed by atoms with van der Waals surface area (Å²) in [4.78, 5) is 100. The first-order valence-electron chi connectivity index (χ1n) is 31.8. The minimum absolute atomic E-state index is 0.0461. The van der Waals surface area contributed by atoms with Crippen LogP contribution in [-0.4, -0.2) is 200 Å². The summed E-state index contributed by atoms with van der Waals surface area (Å²) in [6.45, 7) is 9.91. The molecule has 0 radical (unpaired) electrons. The first kappa shape index (κ1) is 74.3. The van der Waals surface area contributed by atoms with E-state index in [1.54, 1.807) is 57.1 Å². The highest BCUT2D eigenvalue weighted by molar-refractivity contribution is 6.35.